The number of hydrogen-bond donors (Lipinski definition) is 1. The van der Waals surface area contributed by atoms with Crippen molar-refractivity contribution >= 4 is 0 Å². The van der Waals surface area contributed by atoms with Crippen molar-refractivity contribution in [3.05, 3.63) is 71.0 Å². The molecule has 0 aliphatic heterocycles. The van der Waals surface area contributed by atoms with Gasteiger partial charge in [-0.05, 0) is 30.2 Å². The Hall–Kier alpha value is -2.18. The van der Waals surface area contributed by atoms with E-state index in [2.05, 4.69) is 11.4 Å². The molecule has 0 fully saturated rings. The fourth-order valence-corrected chi connectivity index (χ4v) is 1.82. The summed E-state index contributed by atoms with van der Waals surface area (Å²) in [6.07, 6.45) is 0. The molecule has 0 heterocycles. The molecule has 0 radical (unpaired) electrons. The van der Waals surface area contributed by atoms with Gasteiger partial charge < -0.3 is 0 Å². The lowest BCUT2D eigenvalue weighted by Crippen LogP contribution is -2.19. The van der Waals surface area contributed by atoms with Crippen LogP contribution >= 0.6 is 0 Å². The molecule has 2 aromatic carbocycles. The predicted molar refractivity (Wildman–Crippen MR) is 72.8 cm³/mol. The Bertz CT molecular complexity index is 567. The molecule has 19 heavy (non-hydrogen) atoms. The van der Waals surface area contributed by atoms with Crippen LogP contribution in [-0.2, 0) is 6.54 Å². The molecule has 0 aromatic heterocycles. The molecule has 0 aliphatic rings. The van der Waals surface area contributed by atoms with Crippen molar-refractivity contribution in [1.29, 1.82) is 5.26 Å². The average Bonchev–Trinajstić information content (AvgIpc) is 2.43. The zero-order chi connectivity index (χ0) is 13.7. The Balaban J connectivity index is 2.02. The van der Waals surface area contributed by atoms with E-state index >= 15 is 0 Å². The quantitative estimate of drug-likeness (QED) is 0.906. The van der Waals surface area contributed by atoms with E-state index in [4.69, 9.17) is 0 Å². The maximum Gasteiger partial charge on any atom is 0.123 e. The van der Waals surface area contributed by atoms with Gasteiger partial charge in [0.15, 0.2) is 0 Å². The van der Waals surface area contributed by atoms with E-state index < -0.39 is 0 Å². The van der Waals surface area contributed by atoms with Crippen molar-refractivity contribution in [3.63, 3.8) is 0 Å². The monoisotopic (exact) mass is 254 g/mol. The molecular weight excluding hydrogens is 239 g/mol. The summed E-state index contributed by atoms with van der Waals surface area (Å²) < 4.78 is 12.8. The number of nitriles is 1. The van der Waals surface area contributed by atoms with Crippen molar-refractivity contribution in [1.82, 2.24) is 5.32 Å². The molecule has 2 aromatic rings. The van der Waals surface area contributed by atoms with E-state index in [1.54, 1.807) is 12.1 Å². The molecule has 0 saturated carbocycles. The van der Waals surface area contributed by atoms with Crippen LogP contribution in [0.4, 0.5) is 4.39 Å². The molecule has 96 valence electrons. The smallest absolute Gasteiger partial charge is 0.123 e. The van der Waals surface area contributed by atoms with E-state index in [0.29, 0.717) is 6.54 Å². The number of nitrogens with one attached hydrogen (secondary N) is 1. The highest BCUT2D eigenvalue weighted by molar-refractivity contribution is 5.28. The lowest BCUT2D eigenvalue weighted by Gasteiger charge is -2.12. The predicted octanol–water partition coefficient (Wildman–Crippen LogP) is 3.49. The van der Waals surface area contributed by atoms with Gasteiger partial charge in [-0.3, -0.25) is 5.32 Å². The van der Waals surface area contributed by atoms with Gasteiger partial charge in [0.05, 0.1) is 6.07 Å². The van der Waals surface area contributed by atoms with Crippen molar-refractivity contribution in [2.75, 3.05) is 0 Å². The van der Waals surface area contributed by atoms with Crippen molar-refractivity contribution in [3.8, 4) is 6.07 Å². The summed E-state index contributed by atoms with van der Waals surface area (Å²) in [6.45, 7) is 2.55. The molecule has 0 aliphatic carbocycles. The van der Waals surface area contributed by atoms with Crippen LogP contribution in [0.3, 0.4) is 0 Å². The Morgan fingerprint density at radius 3 is 2.32 bits per heavy atom. The fourth-order valence-electron chi connectivity index (χ4n) is 1.82. The zero-order valence-corrected chi connectivity index (χ0v) is 10.7. The minimum atomic E-state index is -0.356. The van der Waals surface area contributed by atoms with Gasteiger partial charge in [0.2, 0.25) is 0 Å². The van der Waals surface area contributed by atoms with Gasteiger partial charge in [-0.25, -0.2) is 4.39 Å². The van der Waals surface area contributed by atoms with E-state index in [1.165, 1.54) is 17.7 Å². The first-order valence-corrected chi connectivity index (χ1v) is 6.13. The molecule has 2 rings (SSSR count). The summed E-state index contributed by atoms with van der Waals surface area (Å²) in [5.74, 6) is -0.251. The van der Waals surface area contributed by atoms with Gasteiger partial charge in [0.1, 0.15) is 11.9 Å². The minimum Gasteiger partial charge on any atom is -0.294 e. The Kier molecular flexibility index (Phi) is 4.27. The second-order valence-corrected chi connectivity index (χ2v) is 4.48. The lowest BCUT2D eigenvalue weighted by atomic mass is 10.1. The van der Waals surface area contributed by atoms with Crippen LogP contribution in [0, 0.1) is 24.1 Å². The molecule has 0 spiro atoms. The Morgan fingerprint density at radius 2 is 1.74 bits per heavy atom. The number of aryl methyl sites for hydroxylation is 1. The van der Waals surface area contributed by atoms with Crippen LogP contribution in [0.5, 0.6) is 0 Å². The summed E-state index contributed by atoms with van der Waals surface area (Å²) in [6, 6.07) is 16.0. The number of rotatable bonds is 4. The molecule has 3 heteroatoms. The molecule has 0 bridgehead atoms. The highest BCUT2D eigenvalue weighted by atomic mass is 19.1. The minimum absolute atomic E-state index is 0.251. The van der Waals surface area contributed by atoms with E-state index in [-0.39, 0.29) is 11.9 Å². The zero-order valence-electron chi connectivity index (χ0n) is 10.7. The number of nitrogens with zero attached hydrogens (tertiary/aromatic N) is 1. The average molecular weight is 254 g/mol. The lowest BCUT2D eigenvalue weighted by molar-refractivity contribution is 0.616. The first kappa shape index (κ1) is 13.3. The van der Waals surface area contributed by atoms with E-state index in [0.717, 1.165) is 11.1 Å². The van der Waals surface area contributed by atoms with Crippen LogP contribution in [0.25, 0.3) is 0 Å². The first-order chi connectivity index (χ1) is 9.19. The highest BCUT2D eigenvalue weighted by Crippen LogP contribution is 2.14. The maximum absolute atomic E-state index is 12.8. The van der Waals surface area contributed by atoms with Gasteiger partial charge in [-0.15, -0.1) is 0 Å². The van der Waals surface area contributed by atoms with Gasteiger partial charge in [-0.2, -0.15) is 5.26 Å². The Morgan fingerprint density at radius 1 is 1.11 bits per heavy atom. The molecule has 1 unspecified atom stereocenters. The second-order valence-electron chi connectivity index (χ2n) is 4.48. The summed E-state index contributed by atoms with van der Waals surface area (Å²) in [5.41, 5.74) is 3.06. The molecule has 0 saturated heterocycles. The van der Waals surface area contributed by atoms with Crippen molar-refractivity contribution in [2.45, 2.75) is 19.5 Å². The van der Waals surface area contributed by atoms with Gasteiger partial charge >= 0.3 is 0 Å². The molecule has 1 N–H and O–H groups in total. The molecule has 2 nitrogen and oxygen atoms in total. The summed E-state index contributed by atoms with van der Waals surface area (Å²) in [7, 11) is 0. The third-order valence-corrected chi connectivity index (χ3v) is 2.96. The first-order valence-electron chi connectivity index (χ1n) is 6.13. The molecular formula is C16H15FN2. The van der Waals surface area contributed by atoms with Crippen LogP contribution in [-0.4, -0.2) is 0 Å². The normalized spacial score (nSPS) is 11.8. The number of hydrogen-bond acceptors (Lipinski definition) is 2. The van der Waals surface area contributed by atoms with Gasteiger partial charge in [-0.1, -0.05) is 42.0 Å². The van der Waals surface area contributed by atoms with Gasteiger partial charge in [0.25, 0.3) is 0 Å². The van der Waals surface area contributed by atoms with Crippen molar-refractivity contribution < 1.29 is 4.39 Å². The maximum atomic E-state index is 12.8. The third-order valence-electron chi connectivity index (χ3n) is 2.96. The topological polar surface area (TPSA) is 35.8 Å². The Labute approximate surface area is 112 Å². The summed E-state index contributed by atoms with van der Waals surface area (Å²) in [5, 5.41) is 12.4. The summed E-state index contributed by atoms with van der Waals surface area (Å²) >= 11 is 0. The van der Waals surface area contributed by atoms with E-state index in [1.807, 2.05) is 31.2 Å². The van der Waals surface area contributed by atoms with Crippen LogP contribution < -0.4 is 5.32 Å². The van der Waals surface area contributed by atoms with Crippen LogP contribution in [0.2, 0.25) is 0 Å². The second kappa shape index (κ2) is 6.12. The molecule has 1 atom stereocenters. The van der Waals surface area contributed by atoms with Crippen LogP contribution in [0.15, 0.2) is 48.5 Å². The summed E-state index contributed by atoms with van der Waals surface area (Å²) in [4.78, 5) is 0. The van der Waals surface area contributed by atoms with Gasteiger partial charge in [0, 0.05) is 6.54 Å². The number of halogens is 1. The standard InChI is InChI=1S/C16H15FN2/c1-12-2-6-14(7-3-12)16(10-18)19-11-13-4-8-15(17)9-5-13/h2-9,16,19H,11H2,1H3. The third kappa shape index (κ3) is 3.64. The largest absolute Gasteiger partial charge is 0.294 e. The SMILES string of the molecule is Cc1ccc(C(C#N)NCc2ccc(F)cc2)cc1. The van der Waals surface area contributed by atoms with Crippen LogP contribution in [0.1, 0.15) is 22.7 Å². The highest BCUT2D eigenvalue weighted by Gasteiger charge is 2.09. The van der Waals surface area contributed by atoms with E-state index in [9.17, 15) is 9.65 Å². The number of benzene rings is 2. The fraction of sp³-hybridized carbons (Fsp3) is 0.188. The van der Waals surface area contributed by atoms with Crippen molar-refractivity contribution in [2.24, 2.45) is 0 Å². The molecule has 0 amide bonds.